The highest BCUT2D eigenvalue weighted by atomic mass is 16.2. The third-order valence-electron chi connectivity index (χ3n) is 5.52. The zero-order valence-corrected chi connectivity index (χ0v) is 16.1. The van der Waals surface area contributed by atoms with Crippen LogP contribution in [0.1, 0.15) is 27.5 Å². The van der Waals surface area contributed by atoms with Crippen molar-refractivity contribution in [3.63, 3.8) is 0 Å². The molecule has 2 aromatic carbocycles. The molecule has 0 unspecified atom stereocenters. The topological polar surface area (TPSA) is 81.2 Å². The number of likely N-dealkylation sites (tertiary alicyclic amines) is 1. The Morgan fingerprint density at radius 3 is 2.34 bits per heavy atom. The smallest absolute Gasteiger partial charge is 0.274 e. The fraction of sp³-hybridized carbons (Fsp3) is 0.261. The average molecular weight is 388 g/mol. The van der Waals surface area contributed by atoms with Gasteiger partial charge in [0.25, 0.3) is 11.5 Å². The van der Waals surface area contributed by atoms with Gasteiger partial charge in [0.1, 0.15) is 5.69 Å². The number of hydrogen-bond donors (Lipinski definition) is 1. The molecule has 3 aromatic rings. The van der Waals surface area contributed by atoms with Gasteiger partial charge in [-0.15, -0.1) is 0 Å². The molecule has 2 N–H and O–H groups in total. The van der Waals surface area contributed by atoms with E-state index in [0.717, 1.165) is 5.56 Å². The Hall–Kier alpha value is -3.25. The SMILES string of the molecule is NC[C@@H]1CN(C(=O)c2ccc(=O)n(Cc3ccccc3)n2)C[C@H]1c1ccccc1. The van der Waals surface area contributed by atoms with Crippen LogP contribution in [0.5, 0.6) is 0 Å². The molecular weight excluding hydrogens is 364 g/mol. The van der Waals surface area contributed by atoms with Gasteiger partial charge in [-0.3, -0.25) is 9.59 Å². The van der Waals surface area contributed by atoms with Crippen molar-refractivity contribution in [2.24, 2.45) is 11.7 Å². The molecule has 0 radical (unpaired) electrons. The van der Waals surface area contributed by atoms with Gasteiger partial charge in [0.2, 0.25) is 0 Å². The summed E-state index contributed by atoms with van der Waals surface area (Å²) in [7, 11) is 0. The molecule has 1 aromatic heterocycles. The van der Waals surface area contributed by atoms with E-state index in [2.05, 4.69) is 17.2 Å². The highest BCUT2D eigenvalue weighted by molar-refractivity contribution is 5.92. The normalized spacial score (nSPS) is 18.7. The molecule has 1 aliphatic heterocycles. The molecule has 6 heteroatoms. The van der Waals surface area contributed by atoms with Gasteiger partial charge in [0, 0.05) is 25.1 Å². The first kappa shape index (κ1) is 19.1. The van der Waals surface area contributed by atoms with Crippen molar-refractivity contribution in [3.05, 3.63) is 100.0 Å². The first-order chi connectivity index (χ1) is 14.2. The van der Waals surface area contributed by atoms with E-state index in [4.69, 9.17) is 5.73 Å². The summed E-state index contributed by atoms with van der Waals surface area (Å²) in [5, 5.41) is 4.34. The Balaban J connectivity index is 1.55. The fourth-order valence-corrected chi connectivity index (χ4v) is 3.95. The number of rotatable bonds is 5. The summed E-state index contributed by atoms with van der Waals surface area (Å²) in [6.07, 6.45) is 0. The minimum Gasteiger partial charge on any atom is -0.336 e. The molecule has 1 amide bonds. The second kappa shape index (κ2) is 8.41. The summed E-state index contributed by atoms with van der Waals surface area (Å²) in [5.74, 6) is 0.251. The first-order valence-electron chi connectivity index (χ1n) is 9.82. The lowest BCUT2D eigenvalue weighted by molar-refractivity contribution is 0.0778. The molecule has 4 rings (SSSR count). The van der Waals surface area contributed by atoms with Crippen LogP contribution in [0.3, 0.4) is 0 Å². The molecular formula is C23H24N4O2. The number of carbonyl (C=O) groups excluding carboxylic acids is 1. The Labute approximate surface area is 169 Å². The molecule has 0 aliphatic carbocycles. The molecule has 29 heavy (non-hydrogen) atoms. The largest absolute Gasteiger partial charge is 0.336 e. The Bertz CT molecular complexity index is 1030. The summed E-state index contributed by atoms with van der Waals surface area (Å²) < 4.78 is 1.34. The molecule has 0 saturated carbocycles. The number of aromatic nitrogens is 2. The maximum Gasteiger partial charge on any atom is 0.274 e. The third kappa shape index (κ3) is 4.12. The zero-order chi connectivity index (χ0) is 20.2. The minimum absolute atomic E-state index is 0.163. The molecule has 2 atom stereocenters. The predicted molar refractivity (Wildman–Crippen MR) is 112 cm³/mol. The summed E-state index contributed by atoms with van der Waals surface area (Å²) in [6.45, 7) is 2.04. The molecule has 1 aliphatic rings. The van der Waals surface area contributed by atoms with Crippen molar-refractivity contribution in [3.8, 4) is 0 Å². The van der Waals surface area contributed by atoms with E-state index in [-0.39, 0.29) is 29.0 Å². The highest BCUT2D eigenvalue weighted by Gasteiger charge is 2.36. The monoisotopic (exact) mass is 388 g/mol. The third-order valence-corrected chi connectivity index (χ3v) is 5.52. The fourth-order valence-electron chi connectivity index (χ4n) is 3.95. The van der Waals surface area contributed by atoms with E-state index in [0.29, 0.717) is 26.2 Å². The molecule has 6 nitrogen and oxygen atoms in total. The van der Waals surface area contributed by atoms with Crippen LogP contribution in [0, 0.1) is 5.92 Å². The first-order valence-corrected chi connectivity index (χ1v) is 9.82. The van der Waals surface area contributed by atoms with Gasteiger partial charge in [0.15, 0.2) is 0 Å². The lowest BCUT2D eigenvalue weighted by Gasteiger charge is -2.17. The molecule has 1 fully saturated rings. The second-order valence-corrected chi connectivity index (χ2v) is 7.42. The lowest BCUT2D eigenvalue weighted by Crippen LogP contribution is -2.33. The van der Waals surface area contributed by atoms with Gasteiger partial charge in [-0.2, -0.15) is 5.10 Å². The van der Waals surface area contributed by atoms with E-state index < -0.39 is 0 Å². The van der Waals surface area contributed by atoms with Gasteiger partial charge in [-0.1, -0.05) is 60.7 Å². The van der Waals surface area contributed by atoms with E-state index in [1.165, 1.54) is 22.4 Å². The van der Waals surface area contributed by atoms with Crippen LogP contribution in [0.4, 0.5) is 0 Å². The van der Waals surface area contributed by atoms with Crippen molar-refractivity contribution >= 4 is 5.91 Å². The van der Waals surface area contributed by atoms with Crippen molar-refractivity contribution in [2.45, 2.75) is 12.5 Å². The van der Waals surface area contributed by atoms with Crippen LogP contribution in [0.2, 0.25) is 0 Å². The van der Waals surface area contributed by atoms with Crippen LogP contribution in [-0.2, 0) is 6.54 Å². The predicted octanol–water partition coefficient (Wildman–Crippen LogP) is 2.11. The molecule has 148 valence electrons. The van der Waals surface area contributed by atoms with E-state index in [1.54, 1.807) is 4.90 Å². The highest BCUT2D eigenvalue weighted by Crippen LogP contribution is 2.32. The van der Waals surface area contributed by atoms with Crippen LogP contribution < -0.4 is 11.3 Å². The lowest BCUT2D eigenvalue weighted by atomic mass is 9.89. The van der Waals surface area contributed by atoms with E-state index >= 15 is 0 Å². The van der Waals surface area contributed by atoms with Crippen molar-refractivity contribution < 1.29 is 4.79 Å². The summed E-state index contributed by atoms with van der Waals surface area (Å²) in [6, 6.07) is 22.7. The molecule has 0 spiro atoms. The zero-order valence-electron chi connectivity index (χ0n) is 16.1. The number of nitrogens with zero attached hydrogens (tertiary/aromatic N) is 3. The van der Waals surface area contributed by atoms with E-state index in [9.17, 15) is 9.59 Å². The number of nitrogens with two attached hydrogens (primary N) is 1. The average Bonchev–Trinajstić information content (AvgIpc) is 3.21. The quantitative estimate of drug-likeness (QED) is 0.726. The van der Waals surface area contributed by atoms with Crippen molar-refractivity contribution in [1.29, 1.82) is 0 Å². The maximum absolute atomic E-state index is 13.1. The van der Waals surface area contributed by atoms with E-state index in [1.807, 2.05) is 48.5 Å². The number of benzene rings is 2. The van der Waals surface area contributed by atoms with Gasteiger partial charge in [0.05, 0.1) is 6.54 Å². The minimum atomic E-state index is -0.228. The Morgan fingerprint density at radius 2 is 1.66 bits per heavy atom. The summed E-state index contributed by atoms with van der Waals surface area (Å²) >= 11 is 0. The Morgan fingerprint density at radius 1 is 0.966 bits per heavy atom. The summed E-state index contributed by atoms with van der Waals surface area (Å²) in [4.78, 5) is 27.1. The number of carbonyl (C=O) groups is 1. The second-order valence-electron chi connectivity index (χ2n) is 7.42. The molecule has 2 heterocycles. The van der Waals surface area contributed by atoms with Crippen LogP contribution in [-0.4, -0.2) is 40.2 Å². The van der Waals surface area contributed by atoms with Crippen LogP contribution in [0.15, 0.2) is 77.6 Å². The van der Waals surface area contributed by atoms with Gasteiger partial charge in [-0.05, 0) is 29.7 Å². The van der Waals surface area contributed by atoms with Gasteiger partial charge in [-0.25, -0.2) is 4.68 Å². The number of amides is 1. The molecule has 1 saturated heterocycles. The number of hydrogen-bond acceptors (Lipinski definition) is 4. The summed E-state index contributed by atoms with van der Waals surface area (Å²) in [5.41, 5.74) is 8.20. The molecule has 0 bridgehead atoms. The van der Waals surface area contributed by atoms with Crippen LogP contribution in [0.25, 0.3) is 0 Å². The maximum atomic E-state index is 13.1. The van der Waals surface area contributed by atoms with Gasteiger partial charge >= 0.3 is 0 Å². The van der Waals surface area contributed by atoms with Crippen molar-refractivity contribution in [1.82, 2.24) is 14.7 Å². The van der Waals surface area contributed by atoms with Crippen molar-refractivity contribution in [2.75, 3.05) is 19.6 Å². The Kier molecular flexibility index (Phi) is 5.53. The standard InChI is InChI=1S/C23H24N4O2/c24-13-19-15-26(16-20(19)18-9-5-2-6-10-18)23(29)21-11-12-22(28)27(25-21)14-17-7-3-1-4-8-17/h1-12,19-20H,13-16,24H2/t19-,20+/m1/s1. The van der Waals surface area contributed by atoms with Crippen LogP contribution >= 0.6 is 0 Å². The van der Waals surface area contributed by atoms with Gasteiger partial charge < -0.3 is 10.6 Å².